The number of aryl methyl sites for hydroxylation is 1. The number of rotatable bonds is 6. The van der Waals surface area contributed by atoms with Crippen LogP contribution in [0.1, 0.15) is 16.7 Å². The van der Waals surface area contributed by atoms with E-state index in [9.17, 15) is 0 Å². The Morgan fingerprint density at radius 2 is 1.95 bits per heavy atom. The van der Waals surface area contributed by atoms with Crippen LogP contribution in [0.3, 0.4) is 0 Å². The van der Waals surface area contributed by atoms with Gasteiger partial charge in [0.25, 0.3) is 0 Å². The van der Waals surface area contributed by atoms with Gasteiger partial charge in [0.1, 0.15) is 5.75 Å². The predicted molar refractivity (Wildman–Crippen MR) is 84.6 cm³/mol. The van der Waals surface area contributed by atoms with Crippen LogP contribution in [-0.2, 0) is 13.0 Å². The van der Waals surface area contributed by atoms with Crippen molar-refractivity contribution >= 4 is 11.6 Å². The minimum absolute atomic E-state index is 0.799. The van der Waals surface area contributed by atoms with Crippen LogP contribution < -0.4 is 10.1 Å². The molecule has 0 bridgehead atoms. The van der Waals surface area contributed by atoms with E-state index in [1.807, 2.05) is 24.3 Å². The van der Waals surface area contributed by atoms with Crippen molar-refractivity contribution in [2.45, 2.75) is 19.9 Å². The first-order valence-corrected chi connectivity index (χ1v) is 7.15. The lowest BCUT2D eigenvalue weighted by Gasteiger charge is -2.09. The minimum atomic E-state index is 0.799. The normalized spacial score (nSPS) is 10.6. The maximum absolute atomic E-state index is 5.97. The number of benzene rings is 2. The summed E-state index contributed by atoms with van der Waals surface area (Å²) < 4.78 is 5.26. The Labute approximate surface area is 125 Å². The average Bonchev–Trinajstić information content (AvgIpc) is 2.44. The van der Waals surface area contributed by atoms with Crippen molar-refractivity contribution in [2.75, 3.05) is 13.7 Å². The fourth-order valence-electron chi connectivity index (χ4n) is 2.21. The van der Waals surface area contributed by atoms with Gasteiger partial charge in [-0.05, 0) is 54.8 Å². The van der Waals surface area contributed by atoms with Crippen molar-refractivity contribution in [1.29, 1.82) is 0 Å². The highest BCUT2D eigenvalue weighted by Crippen LogP contribution is 2.18. The van der Waals surface area contributed by atoms with E-state index in [0.717, 1.165) is 30.3 Å². The molecule has 0 saturated heterocycles. The van der Waals surface area contributed by atoms with Crippen LogP contribution in [0.2, 0.25) is 5.02 Å². The smallest absolute Gasteiger partial charge is 0.121 e. The van der Waals surface area contributed by atoms with E-state index in [2.05, 4.69) is 30.4 Å². The molecule has 0 fully saturated rings. The molecule has 3 heteroatoms. The molecule has 0 saturated carbocycles. The topological polar surface area (TPSA) is 21.3 Å². The maximum Gasteiger partial charge on any atom is 0.121 e. The molecule has 0 aliphatic heterocycles. The Morgan fingerprint density at radius 1 is 1.10 bits per heavy atom. The molecule has 2 nitrogen and oxygen atoms in total. The van der Waals surface area contributed by atoms with Crippen LogP contribution in [0.15, 0.2) is 42.5 Å². The number of hydrogen-bond acceptors (Lipinski definition) is 2. The first-order valence-electron chi connectivity index (χ1n) is 6.77. The van der Waals surface area contributed by atoms with Crippen molar-refractivity contribution in [3.05, 3.63) is 64.2 Å². The van der Waals surface area contributed by atoms with Crippen LogP contribution in [0.4, 0.5) is 0 Å². The lowest BCUT2D eigenvalue weighted by Crippen LogP contribution is -2.16. The summed E-state index contributed by atoms with van der Waals surface area (Å²) in [5.41, 5.74) is 3.70. The second-order valence-electron chi connectivity index (χ2n) is 4.86. The SMILES string of the molecule is COc1ccc(CNCCc2cccc(Cl)c2)cc1C. The molecule has 0 spiro atoms. The average molecular weight is 290 g/mol. The second kappa shape index (κ2) is 7.32. The molecule has 2 rings (SSSR count). The monoisotopic (exact) mass is 289 g/mol. The van der Waals surface area contributed by atoms with Crippen molar-refractivity contribution in [2.24, 2.45) is 0 Å². The Hall–Kier alpha value is -1.51. The highest BCUT2D eigenvalue weighted by Gasteiger charge is 2.00. The van der Waals surface area contributed by atoms with E-state index in [1.54, 1.807) is 7.11 Å². The molecule has 0 heterocycles. The van der Waals surface area contributed by atoms with Crippen LogP contribution >= 0.6 is 11.6 Å². The molecule has 0 amide bonds. The highest BCUT2D eigenvalue weighted by atomic mass is 35.5. The zero-order valence-electron chi connectivity index (χ0n) is 11.9. The van der Waals surface area contributed by atoms with Gasteiger partial charge in [-0.3, -0.25) is 0 Å². The molecule has 106 valence electrons. The van der Waals surface area contributed by atoms with Crippen molar-refractivity contribution < 1.29 is 4.74 Å². The standard InChI is InChI=1S/C17H20ClNO/c1-13-10-15(6-7-17(13)20-2)12-19-9-8-14-4-3-5-16(18)11-14/h3-7,10-11,19H,8-9,12H2,1-2H3. The Morgan fingerprint density at radius 3 is 2.65 bits per heavy atom. The first-order chi connectivity index (χ1) is 9.69. The molecule has 2 aromatic carbocycles. The number of methoxy groups -OCH3 is 1. The zero-order valence-corrected chi connectivity index (χ0v) is 12.7. The van der Waals surface area contributed by atoms with E-state index >= 15 is 0 Å². The Kier molecular flexibility index (Phi) is 5.45. The number of nitrogens with one attached hydrogen (secondary N) is 1. The summed E-state index contributed by atoms with van der Waals surface area (Å²) in [6, 6.07) is 14.3. The molecule has 0 radical (unpaired) electrons. The number of hydrogen-bond donors (Lipinski definition) is 1. The Bertz CT molecular complexity index is 569. The molecule has 0 atom stereocenters. The van der Waals surface area contributed by atoms with E-state index in [0.29, 0.717) is 0 Å². The molecule has 0 aromatic heterocycles. The van der Waals surface area contributed by atoms with Crippen molar-refractivity contribution in [3.8, 4) is 5.75 Å². The van der Waals surface area contributed by atoms with E-state index < -0.39 is 0 Å². The summed E-state index contributed by atoms with van der Waals surface area (Å²) in [5, 5.41) is 4.25. The first kappa shape index (κ1) is 14.9. The quantitative estimate of drug-likeness (QED) is 0.812. The molecule has 0 aliphatic carbocycles. The fourth-order valence-corrected chi connectivity index (χ4v) is 2.42. The zero-order chi connectivity index (χ0) is 14.4. The molecule has 0 unspecified atom stereocenters. The predicted octanol–water partition coefficient (Wildman–Crippen LogP) is 3.99. The molecule has 2 aromatic rings. The highest BCUT2D eigenvalue weighted by molar-refractivity contribution is 6.30. The third-order valence-electron chi connectivity index (χ3n) is 3.27. The molecular weight excluding hydrogens is 270 g/mol. The van der Waals surface area contributed by atoms with Gasteiger partial charge in [-0.1, -0.05) is 35.9 Å². The lowest BCUT2D eigenvalue weighted by atomic mass is 10.1. The van der Waals surface area contributed by atoms with Crippen LogP contribution in [0, 0.1) is 6.92 Å². The summed E-state index contributed by atoms with van der Waals surface area (Å²) in [5.74, 6) is 0.938. The van der Waals surface area contributed by atoms with Crippen LogP contribution in [-0.4, -0.2) is 13.7 Å². The number of ether oxygens (including phenoxy) is 1. The summed E-state index contributed by atoms with van der Waals surface area (Å²) >= 11 is 5.97. The van der Waals surface area contributed by atoms with Gasteiger partial charge in [-0.15, -0.1) is 0 Å². The van der Waals surface area contributed by atoms with E-state index in [4.69, 9.17) is 16.3 Å². The van der Waals surface area contributed by atoms with Gasteiger partial charge in [0, 0.05) is 11.6 Å². The van der Waals surface area contributed by atoms with Gasteiger partial charge >= 0.3 is 0 Å². The lowest BCUT2D eigenvalue weighted by molar-refractivity contribution is 0.411. The molecule has 20 heavy (non-hydrogen) atoms. The van der Waals surface area contributed by atoms with Gasteiger partial charge in [-0.2, -0.15) is 0 Å². The third-order valence-corrected chi connectivity index (χ3v) is 3.50. The molecule has 0 aliphatic rings. The largest absolute Gasteiger partial charge is 0.496 e. The Balaban J connectivity index is 1.80. The fraction of sp³-hybridized carbons (Fsp3) is 0.294. The minimum Gasteiger partial charge on any atom is -0.496 e. The summed E-state index contributed by atoms with van der Waals surface area (Å²) in [4.78, 5) is 0. The van der Waals surface area contributed by atoms with Gasteiger partial charge in [0.2, 0.25) is 0 Å². The molecular formula is C17H20ClNO. The van der Waals surface area contributed by atoms with Gasteiger partial charge in [0.05, 0.1) is 7.11 Å². The maximum atomic E-state index is 5.97. The van der Waals surface area contributed by atoms with Crippen LogP contribution in [0.25, 0.3) is 0 Å². The van der Waals surface area contributed by atoms with E-state index in [1.165, 1.54) is 16.7 Å². The summed E-state index contributed by atoms with van der Waals surface area (Å²) in [7, 11) is 1.70. The molecule has 1 N–H and O–H groups in total. The van der Waals surface area contributed by atoms with E-state index in [-0.39, 0.29) is 0 Å². The van der Waals surface area contributed by atoms with Gasteiger partial charge in [-0.25, -0.2) is 0 Å². The van der Waals surface area contributed by atoms with Gasteiger partial charge < -0.3 is 10.1 Å². The summed E-state index contributed by atoms with van der Waals surface area (Å²) in [6.45, 7) is 3.87. The number of halogens is 1. The second-order valence-corrected chi connectivity index (χ2v) is 5.30. The van der Waals surface area contributed by atoms with Crippen molar-refractivity contribution in [3.63, 3.8) is 0 Å². The van der Waals surface area contributed by atoms with Gasteiger partial charge in [0.15, 0.2) is 0 Å². The van der Waals surface area contributed by atoms with Crippen LogP contribution in [0.5, 0.6) is 5.75 Å². The summed E-state index contributed by atoms with van der Waals surface area (Å²) in [6.07, 6.45) is 0.982. The van der Waals surface area contributed by atoms with Crippen molar-refractivity contribution in [1.82, 2.24) is 5.32 Å². The third kappa shape index (κ3) is 4.26.